The molecule has 0 aliphatic carbocycles. The van der Waals surface area contributed by atoms with Gasteiger partial charge in [-0.15, -0.1) is 6.42 Å². The molecule has 1 nitrogen and oxygen atoms in total. The van der Waals surface area contributed by atoms with Crippen LogP contribution in [-0.2, 0) is 0 Å². The molecule has 2 heteroatoms. The highest BCUT2D eigenvalue weighted by molar-refractivity contribution is 6.30. The van der Waals surface area contributed by atoms with Crippen molar-refractivity contribution in [2.75, 3.05) is 0 Å². The Labute approximate surface area is 77.8 Å². The smallest absolute Gasteiger partial charge is 0.131 e. The highest BCUT2D eigenvalue weighted by atomic mass is 35.5. The van der Waals surface area contributed by atoms with Gasteiger partial charge < -0.3 is 0 Å². The van der Waals surface area contributed by atoms with E-state index in [-0.39, 0.29) is 5.92 Å². The summed E-state index contributed by atoms with van der Waals surface area (Å²) < 4.78 is 0. The van der Waals surface area contributed by atoms with E-state index in [9.17, 15) is 0 Å². The van der Waals surface area contributed by atoms with Crippen LogP contribution in [0, 0.1) is 19.3 Å². The van der Waals surface area contributed by atoms with Gasteiger partial charge >= 0.3 is 0 Å². The van der Waals surface area contributed by atoms with Gasteiger partial charge in [-0.1, -0.05) is 23.6 Å². The van der Waals surface area contributed by atoms with Crippen molar-refractivity contribution >= 4 is 11.6 Å². The lowest BCUT2D eigenvalue weighted by atomic mass is 10.0. The van der Waals surface area contributed by atoms with E-state index < -0.39 is 0 Å². The zero-order chi connectivity index (χ0) is 9.14. The maximum Gasteiger partial charge on any atom is 0.131 e. The first kappa shape index (κ1) is 9.09. The van der Waals surface area contributed by atoms with E-state index in [0.717, 1.165) is 11.1 Å². The van der Waals surface area contributed by atoms with Crippen molar-refractivity contribution in [3.8, 4) is 12.3 Å². The van der Waals surface area contributed by atoms with E-state index >= 15 is 0 Å². The molecule has 0 radical (unpaired) electrons. The third-order valence-electron chi connectivity index (χ3n) is 1.79. The van der Waals surface area contributed by atoms with Crippen LogP contribution in [0.5, 0.6) is 0 Å². The Morgan fingerprint density at radius 3 is 2.83 bits per heavy atom. The molecule has 0 aromatic carbocycles. The van der Waals surface area contributed by atoms with Gasteiger partial charge in [-0.3, -0.25) is 0 Å². The lowest BCUT2D eigenvalue weighted by Gasteiger charge is -2.05. The fraction of sp³-hybridized carbons (Fsp3) is 0.300. The summed E-state index contributed by atoms with van der Waals surface area (Å²) in [5.74, 6) is 2.75. The number of nitrogens with zero attached hydrogens (tertiary/aromatic N) is 1. The normalized spacial score (nSPS) is 12.2. The first-order valence-corrected chi connectivity index (χ1v) is 4.11. The monoisotopic (exact) mass is 179 g/mol. The largest absolute Gasteiger partial charge is 0.244 e. The molecule has 62 valence electrons. The molecule has 0 aliphatic rings. The molecule has 1 atom stereocenters. The fourth-order valence-corrected chi connectivity index (χ4v) is 1.02. The lowest BCUT2D eigenvalue weighted by molar-refractivity contribution is 0.982. The maximum atomic E-state index is 5.77. The Balaban J connectivity index is 3.06. The molecule has 0 amide bonds. The summed E-state index contributed by atoms with van der Waals surface area (Å²) in [5.41, 5.74) is 2.01. The second-order valence-electron chi connectivity index (χ2n) is 2.76. The summed E-state index contributed by atoms with van der Waals surface area (Å²) >= 11 is 5.77. The zero-order valence-electron chi connectivity index (χ0n) is 7.13. The van der Waals surface area contributed by atoms with Gasteiger partial charge in [0.05, 0.1) is 0 Å². The SMILES string of the molecule is C#CC(C)c1cnc(Cl)c(C)c1. The predicted molar refractivity (Wildman–Crippen MR) is 51.2 cm³/mol. The third-order valence-corrected chi connectivity index (χ3v) is 2.18. The van der Waals surface area contributed by atoms with Crippen LogP contribution < -0.4 is 0 Å². The molecule has 1 unspecified atom stereocenters. The minimum Gasteiger partial charge on any atom is -0.244 e. The van der Waals surface area contributed by atoms with Crippen LogP contribution >= 0.6 is 11.6 Å². The average Bonchev–Trinajstić information content (AvgIpc) is 2.08. The van der Waals surface area contributed by atoms with Crippen molar-refractivity contribution in [3.05, 3.63) is 28.5 Å². The summed E-state index contributed by atoms with van der Waals surface area (Å²) in [4.78, 5) is 4.02. The number of aromatic nitrogens is 1. The summed E-state index contributed by atoms with van der Waals surface area (Å²) in [6.45, 7) is 3.88. The predicted octanol–water partition coefficient (Wildman–Crippen LogP) is 2.78. The minimum absolute atomic E-state index is 0.105. The molecule has 12 heavy (non-hydrogen) atoms. The first-order valence-electron chi connectivity index (χ1n) is 3.73. The van der Waals surface area contributed by atoms with E-state index in [1.54, 1.807) is 6.20 Å². The average molecular weight is 180 g/mol. The molecule has 0 aliphatic heterocycles. The van der Waals surface area contributed by atoms with Crippen molar-refractivity contribution < 1.29 is 0 Å². The van der Waals surface area contributed by atoms with Gasteiger partial charge in [0.15, 0.2) is 0 Å². The van der Waals surface area contributed by atoms with E-state index in [4.69, 9.17) is 18.0 Å². The van der Waals surface area contributed by atoms with E-state index in [0.29, 0.717) is 5.15 Å². The van der Waals surface area contributed by atoms with Crippen molar-refractivity contribution in [2.24, 2.45) is 0 Å². The van der Waals surface area contributed by atoms with Gasteiger partial charge in [0.25, 0.3) is 0 Å². The Kier molecular flexibility index (Phi) is 2.73. The van der Waals surface area contributed by atoms with Crippen LogP contribution in [0.3, 0.4) is 0 Å². The summed E-state index contributed by atoms with van der Waals surface area (Å²) in [7, 11) is 0. The summed E-state index contributed by atoms with van der Waals surface area (Å²) in [6, 6.07) is 1.97. The van der Waals surface area contributed by atoms with Gasteiger partial charge in [-0.05, 0) is 25.0 Å². The summed E-state index contributed by atoms with van der Waals surface area (Å²) in [6.07, 6.45) is 7.00. The third kappa shape index (κ3) is 1.78. The highest BCUT2D eigenvalue weighted by Crippen LogP contribution is 2.18. The maximum absolute atomic E-state index is 5.77. The van der Waals surface area contributed by atoms with Crippen LogP contribution in [0.1, 0.15) is 24.0 Å². The van der Waals surface area contributed by atoms with Crippen molar-refractivity contribution in [2.45, 2.75) is 19.8 Å². The van der Waals surface area contributed by atoms with Crippen molar-refractivity contribution in [1.29, 1.82) is 0 Å². The Bertz CT molecular complexity index is 325. The molecular weight excluding hydrogens is 170 g/mol. The van der Waals surface area contributed by atoms with Gasteiger partial charge in [0.1, 0.15) is 5.15 Å². The first-order chi connectivity index (χ1) is 5.65. The van der Waals surface area contributed by atoms with E-state index in [1.807, 2.05) is 19.9 Å². The fourth-order valence-electron chi connectivity index (χ4n) is 0.913. The number of pyridine rings is 1. The molecule has 0 saturated heterocycles. The van der Waals surface area contributed by atoms with Gasteiger partial charge in [0.2, 0.25) is 0 Å². The highest BCUT2D eigenvalue weighted by Gasteiger charge is 2.03. The zero-order valence-corrected chi connectivity index (χ0v) is 7.89. The van der Waals surface area contributed by atoms with Crippen molar-refractivity contribution in [3.63, 3.8) is 0 Å². The van der Waals surface area contributed by atoms with Crippen molar-refractivity contribution in [1.82, 2.24) is 4.98 Å². The minimum atomic E-state index is 0.105. The van der Waals surface area contributed by atoms with Crippen LogP contribution in [0.4, 0.5) is 0 Å². The molecule has 1 aromatic heterocycles. The Morgan fingerprint density at radius 1 is 1.67 bits per heavy atom. The second-order valence-corrected chi connectivity index (χ2v) is 3.12. The van der Waals surface area contributed by atoms with Crippen LogP contribution in [0.2, 0.25) is 5.15 Å². The summed E-state index contributed by atoms with van der Waals surface area (Å²) in [5, 5.41) is 0.544. The number of hydrogen-bond acceptors (Lipinski definition) is 1. The standard InChI is InChI=1S/C10H10ClN/c1-4-7(2)9-5-8(3)10(11)12-6-9/h1,5-7H,2-3H3. The molecule has 1 heterocycles. The molecule has 0 spiro atoms. The number of rotatable bonds is 1. The quantitative estimate of drug-likeness (QED) is 0.477. The van der Waals surface area contributed by atoms with Gasteiger partial charge in [-0.2, -0.15) is 0 Å². The van der Waals surface area contributed by atoms with E-state index in [1.165, 1.54) is 0 Å². The van der Waals surface area contributed by atoms with E-state index in [2.05, 4.69) is 10.9 Å². The Morgan fingerprint density at radius 2 is 2.33 bits per heavy atom. The van der Waals surface area contributed by atoms with Crippen LogP contribution in [0.15, 0.2) is 12.3 Å². The van der Waals surface area contributed by atoms with Crippen LogP contribution in [0.25, 0.3) is 0 Å². The second kappa shape index (κ2) is 3.60. The molecule has 1 rings (SSSR count). The molecular formula is C10H10ClN. The van der Waals surface area contributed by atoms with Gasteiger partial charge in [-0.25, -0.2) is 4.98 Å². The molecule has 0 fully saturated rings. The Hall–Kier alpha value is -1.00. The molecule has 0 N–H and O–H groups in total. The number of hydrogen-bond donors (Lipinski definition) is 0. The number of halogens is 1. The van der Waals surface area contributed by atoms with Gasteiger partial charge in [0, 0.05) is 12.1 Å². The molecule has 1 aromatic rings. The molecule has 0 saturated carbocycles. The number of terminal acetylenes is 1. The topological polar surface area (TPSA) is 12.9 Å². The number of aryl methyl sites for hydroxylation is 1. The van der Waals surface area contributed by atoms with Crippen LogP contribution in [-0.4, -0.2) is 4.98 Å². The lowest BCUT2D eigenvalue weighted by Crippen LogP contribution is -1.92. The molecule has 0 bridgehead atoms.